The number of nitrogens with one attached hydrogen (secondary N) is 1. The molecule has 114 valence electrons. The van der Waals surface area contributed by atoms with Crippen molar-refractivity contribution in [3.8, 4) is 0 Å². The molecule has 5 nitrogen and oxygen atoms in total. The van der Waals surface area contributed by atoms with Crippen LogP contribution in [0.3, 0.4) is 0 Å². The summed E-state index contributed by atoms with van der Waals surface area (Å²) in [6.45, 7) is 2.22. The Morgan fingerprint density at radius 2 is 2.05 bits per heavy atom. The lowest BCUT2D eigenvalue weighted by Gasteiger charge is -2.08. The largest absolute Gasteiger partial charge is 0.275 e. The molecular weight excluding hydrogens is 422 g/mol. The van der Waals surface area contributed by atoms with Crippen molar-refractivity contribution in [2.24, 2.45) is 7.05 Å². The molecule has 0 spiro atoms. The molecule has 1 heterocycles. The zero-order chi connectivity index (χ0) is 15.6. The Labute approximate surface area is 141 Å². The number of nitrogens with zero attached hydrogens (tertiary/aromatic N) is 2. The number of aromatic nitrogens is 2. The fourth-order valence-corrected chi connectivity index (χ4v) is 4.72. The van der Waals surface area contributed by atoms with Crippen LogP contribution < -0.4 is 4.72 Å². The van der Waals surface area contributed by atoms with Crippen molar-refractivity contribution < 1.29 is 8.42 Å². The highest BCUT2D eigenvalue weighted by molar-refractivity contribution is 9.11. The van der Waals surface area contributed by atoms with Gasteiger partial charge in [-0.3, -0.25) is 4.68 Å². The number of rotatable bonds is 5. The summed E-state index contributed by atoms with van der Waals surface area (Å²) in [7, 11) is -1.75. The van der Waals surface area contributed by atoms with Crippen LogP contribution in [0.1, 0.15) is 18.2 Å². The fourth-order valence-electron chi connectivity index (χ4n) is 1.97. The summed E-state index contributed by atoms with van der Waals surface area (Å²) in [5, 5.41) is 4.30. The molecule has 0 saturated carbocycles. The van der Waals surface area contributed by atoms with E-state index in [1.54, 1.807) is 22.9 Å². The molecule has 0 fully saturated rings. The molecule has 1 aromatic carbocycles. The molecule has 8 heteroatoms. The second-order valence-corrected chi connectivity index (χ2v) is 8.03. The Hall–Kier alpha value is -0.700. The van der Waals surface area contributed by atoms with Crippen LogP contribution in [0.2, 0.25) is 0 Å². The van der Waals surface area contributed by atoms with E-state index in [1.165, 1.54) is 0 Å². The van der Waals surface area contributed by atoms with Crippen LogP contribution in [0.5, 0.6) is 0 Å². The van der Waals surface area contributed by atoms with E-state index in [0.717, 1.165) is 22.2 Å². The van der Waals surface area contributed by atoms with Gasteiger partial charge in [-0.2, -0.15) is 5.10 Å². The van der Waals surface area contributed by atoms with Gasteiger partial charge < -0.3 is 0 Å². The van der Waals surface area contributed by atoms with Crippen molar-refractivity contribution in [1.82, 2.24) is 14.5 Å². The third-order valence-electron chi connectivity index (χ3n) is 2.96. The van der Waals surface area contributed by atoms with Gasteiger partial charge in [0.15, 0.2) is 0 Å². The molecule has 0 aliphatic heterocycles. The van der Waals surface area contributed by atoms with Gasteiger partial charge in [0.2, 0.25) is 10.0 Å². The zero-order valence-electron chi connectivity index (χ0n) is 11.6. The van der Waals surface area contributed by atoms with Gasteiger partial charge in [0, 0.05) is 34.3 Å². The molecule has 2 aromatic rings. The quantitative estimate of drug-likeness (QED) is 0.783. The molecule has 2 rings (SSSR count). The van der Waals surface area contributed by atoms with Gasteiger partial charge in [-0.15, -0.1) is 0 Å². The summed E-state index contributed by atoms with van der Waals surface area (Å²) in [5.41, 5.74) is 1.78. The third kappa shape index (κ3) is 3.94. The normalized spacial score (nSPS) is 11.8. The van der Waals surface area contributed by atoms with E-state index in [9.17, 15) is 8.42 Å². The lowest BCUT2D eigenvalue weighted by atomic mass is 10.2. The van der Waals surface area contributed by atoms with Crippen LogP contribution in [0.15, 0.2) is 38.2 Å². The van der Waals surface area contributed by atoms with E-state index in [0.29, 0.717) is 4.47 Å². The SMILES string of the molecule is CCc1nn(C)cc1CNS(=O)(=O)c1ccc(Br)cc1Br. The van der Waals surface area contributed by atoms with Crippen molar-refractivity contribution in [3.63, 3.8) is 0 Å². The number of hydrogen-bond donors (Lipinski definition) is 1. The molecule has 0 aliphatic rings. The standard InChI is InChI=1S/C13H15Br2N3O2S/c1-3-12-9(8-18(2)17-12)7-16-21(19,20)13-5-4-10(14)6-11(13)15/h4-6,8,16H,3,7H2,1-2H3. The van der Waals surface area contributed by atoms with E-state index >= 15 is 0 Å². The summed E-state index contributed by atoms with van der Waals surface area (Å²) in [4.78, 5) is 0.215. The van der Waals surface area contributed by atoms with Crippen molar-refractivity contribution in [3.05, 3.63) is 44.6 Å². The van der Waals surface area contributed by atoms with E-state index in [-0.39, 0.29) is 11.4 Å². The van der Waals surface area contributed by atoms with E-state index < -0.39 is 10.0 Å². The van der Waals surface area contributed by atoms with Crippen LogP contribution in [0, 0.1) is 0 Å². The smallest absolute Gasteiger partial charge is 0.241 e. The molecule has 0 radical (unpaired) electrons. The molecule has 21 heavy (non-hydrogen) atoms. The van der Waals surface area contributed by atoms with Gasteiger partial charge in [0.25, 0.3) is 0 Å². The van der Waals surface area contributed by atoms with Crippen molar-refractivity contribution in [2.45, 2.75) is 24.8 Å². The number of aryl methyl sites for hydroxylation is 2. The maximum atomic E-state index is 12.4. The average Bonchev–Trinajstić information content (AvgIpc) is 2.76. The first kappa shape index (κ1) is 16.7. The summed E-state index contributed by atoms with van der Waals surface area (Å²) < 4.78 is 30.4. The van der Waals surface area contributed by atoms with Gasteiger partial charge in [0.05, 0.1) is 10.6 Å². The number of benzene rings is 1. The lowest BCUT2D eigenvalue weighted by Crippen LogP contribution is -2.24. The Balaban J connectivity index is 2.21. The van der Waals surface area contributed by atoms with E-state index in [1.807, 2.05) is 20.2 Å². The number of halogens is 2. The summed E-state index contributed by atoms with van der Waals surface area (Å²) in [5.74, 6) is 0. The number of sulfonamides is 1. The highest BCUT2D eigenvalue weighted by atomic mass is 79.9. The summed E-state index contributed by atoms with van der Waals surface area (Å²) >= 11 is 6.58. The second kappa shape index (κ2) is 6.60. The summed E-state index contributed by atoms with van der Waals surface area (Å²) in [6.07, 6.45) is 2.60. The predicted molar refractivity (Wildman–Crippen MR) is 88.5 cm³/mol. The van der Waals surface area contributed by atoms with Gasteiger partial charge >= 0.3 is 0 Å². The average molecular weight is 437 g/mol. The van der Waals surface area contributed by atoms with Crippen LogP contribution in [0.25, 0.3) is 0 Å². The van der Waals surface area contributed by atoms with Crippen LogP contribution in [0.4, 0.5) is 0 Å². The third-order valence-corrected chi connectivity index (χ3v) is 5.83. The zero-order valence-corrected chi connectivity index (χ0v) is 15.6. The first-order chi connectivity index (χ1) is 9.83. The second-order valence-electron chi connectivity index (χ2n) is 4.53. The van der Waals surface area contributed by atoms with Crippen LogP contribution in [-0.2, 0) is 30.0 Å². The van der Waals surface area contributed by atoms with Crippen molar-refractivity contribution in [1.29, 1.82) is 0 Å². The van der Waals surface area contributed by atoms with Gasteiger partial charge in [-0.1, -0.05) is 22.9 Å². The van der Waals surface area contributed by atoms with Crippen molar-refractivity contribution in [2.75, 3.05) is 0 Å². The minimum Gasteiger partial charge on any atom is -0.275 e. The molecular formula is C13H15Br2N3O2S. The Morgan fingerprint density at radius 3 is 2.67 bits per heavy atom. The Bertz CT molecular complexity index is 757. The fraction of sp³-hybridized carbons (Fsp3) is 0.308. The lowest BCUT2D eigenvalue weighted by molar-refractivity contribution is 0.580. The Kier molecular flexibility index (Phi) is 5.24. The van der Waals surface area contributed by atoms with Gasteiger partial charge in [-0.25, -0.2) is 13.1 Å². The van der Waals surface area contributed by atoms with E-state index in [2.05, 4.69) is 41.7 Å². The van der Waals surface area contributed by atoms with Crippen LogP contribution >= 0.6 is 31.9 Å². The molecule has 0 unspecified atom stereocenters. The first-order valence-corrected chi connectivity index (χ1v) is 9.36. The van der Waals surface area contributed by atoms with Crippen LogP contribution in [-0.4, -0.2) is 18.2 Å². The molecule has 0 atom stereocenters. The molecule has 0 bridgehead atoms. The predicted octanol–water partition coefficient (Wildman–Crippen LogP) is 2.99. The molecule has 0 saturated heterocycles. The highest BCUT2D eigenvalue weighted by Gasteiger charge is 2.18. The number of hydrogen-bond acceptors (Lipinski definition) is 3. The van der Waals surface area contributed by atoms with Crippen molar-refractivity contribution >= 4 is 41.9 Å². The maximum Gasteiger partial charge on any atom is 0.241 e. The maximum absolute atomic E-state index is 12.4. The minimum absolute atomic E-state index is 0.215. The molecule has 0 amide bonds. The monoisotopic (exact) mass is 435 g/mol. The summed E-state index contributed by atoms with van der Waals surface area (Å²) in [6, 6.07) is 4.96. The molecule has 1 N–H and O–H groups in total. The molecule has 1 aromatic heterocycles. The topological polar surface area (TPSA) is 64.0 Å². The Morgan fingerprint density at radius 1 is 1.33 bits per heavy atom. The molecule has 0 aliphatic carbocycles. The minimum atomic E-state index is -3.58. The highest BCUT2D eigenvalue weighted by Crippen LogP contribution is 2.25. The first-order valence-electron chi connectivity index (χ1n) is 6.29. The van der Waals surface area contributed by atoms with Gasteiger partial charge in [-0.05, 0) is 40.5 Å². The van der Waals surface area contributed by atoms with Gasteiger partial charge in [0.1, 0.15) is 0 Å². The van der Waals surface area contributed by atoms with E-state index in [4.69, 9.17) is 0 Å².